The minimum absolute atomic E-state index is 0.0507. The second kappa shape index (κ2) is 4.98. The Morgan fingerprint density at radius 3 is 2.57 bits per heavy atom. The standard InChI is InChI=1S/C16H17FN2O2/c1-11-9-14(18-21-11)10-19(2)15(20)16(7-8-16)12-3-5-13(17)6-4-12/h3-6,9H,7-8,10H2,1-2H3. The molecule has 110 valence electrons. The van der Waals surface area contributed by atoms with Gasteiger partial charge in [0, 0.05) is 13.1 Å². The lowest BCUT2D eigenvalue weighted by Gasteiger charge is -2.23. The molecule has 0 atom stereocenters. The first-order valence-electron chi connectivity index (χ1n) is 6.95. The minimum Gasteiger partial charge on any atom is -0.361 e. The monoisotopic (exact) mass is 288 g/mol. The van der Waals surface area contributed by atoms with Crippen molar-refractivity contribution in [2.45, 2.75) is 31.7 Å². The van der Waals surface area contributed by atoms with Crippen molar-refractivity contribution >= 4 is 5.91 Å². The van der Waals surface area contributed by atoms with Crippen molar-refractivity contribution in [3.8, 4) is 0 Å². The summed E-state index contributed by atoms with van der Waals surface area (Å²) in [6, 6.07) is 8.04. The molecule has 1 aliphatic carbocycles. The van der Waals surface area contributed by atoms with E-state index in [-0.39, 0.29) is 11.7 Å². The summed E-state index contributed by atoms with van der Waals surface area (Å²) < 4.78 is 18.0. The highest BCUT2D eigenvalue weighted by molar-refractivity contribution is 5.91. The van der Waals surface area contributed by atoms with Crippen LogP contribution < -0.4 is 0 Å². The predicted octanol–water partition coefficient (Wildman–Crippen LogP) is 2.81. The predicted molar refractivity (Wildman–Crippen MR) is 75.0 cm³/mol. The lowest BCUT2D eigenvalue weighted by atomic mass is 9.94. The molecule has 0 N–H and O–H groups in total. The summed E-state index contributed by atoms with van der Waals surface area (Å²) in [6.45, 7) is 2.23. The highest BCUT2D eigenvalue weighted by atomic mass is 19.1. The van der Waals surface area contributed by atoms with Crippen LogP contribution in [0.5, 0.6) is 0 Å². The third kappa shape index (κ3) is 2.55. The average Bonchev–Trinajstić information content (AvgIpc) is 3.17. The van der Waals surface area contributed by atoms with E-state index in [1.54, 1.807) is 24.1 Å². The highest BCUT2D eigenvalue weighted by Gasteiger charge is 2.52. The molecule has 0 spiro atoms. The Morgan fingerprint density at radius 1 is 1.38 bits per heavy atom. The molecule has 1 aromatic heterocycles. The number of aromatic nitrogens is 1. The van der Waals surface area contributed by atoms with Gasteiger partial charge in [0.25, 0.3) is 0 Å². The molecule has 21 heavy (non-hydrogen) atoms. The first-order valence-corrected chi connectivity index (χ1v) is 6.95. The SMILES string of the molecule is Cc1cc(CN(C)C(=O)C2(c3ccc(F)cc3)CC2)no1. The molecule has 5 heteroatoms. The van der Waals surface area contributed by atoms with E-state index in [9.17, 15) is 9.18 Å². The van der Waals surface area contributed by atoms with Gasteiger partial charge in [-0.3, -0.25) is 4.79 Å². The van der Waals surface area contributed by atoms with Crippen molar-refractivity contribution in [3.63, 3.8) is 0 Å². The van der Waals surface area contributed by atoms with Crippen molar-refractivity contribution in [2.75, 3.05) is 7.05 Å². The van der Waals surface area contributed by atoms with Gasteiger partial charge in [0.05, 0.1) is 12.0 Å². The summed E-state index contributed by atoms with van der Waals surface area (Å²) in [7, 11) is 1.76. The van der Waals surface area contributed by atoms with Gasteiger partial charge in [-0.2, -0.15) is 0 Å². The molecule has 1 saturated carbocycles. The van der Waals surface area contributed by atoms with Crippen LogP contribution in [0.3, 0.4) is 0 Å². The Hall–Kier alpha value is -2.17. The summed E-state index contributed by atoms with van der Waals surface area (Å²) in [5, 5.41) is 3.91. The van der Waals surface area contributed by atoms with Gasteiger partial charge in [-0.25, -0.2) is 4.39 Å². The van der Waals surface area contributed by atoms with E-state index in [0.29, 0.717) is 6.54 Å². The number of benzene rings is 1. The zero-order valence-electron chi connectivity index (χ0n) is 12.1. The number of likely N-dealkylation sites (N-methyl/N-ethyl adjacent to an activating group) is 1. The van der Waals surface area contributed by atoms with Crippen LogP contribution in [0.4, 0.5) is 4.39 Å². The Labute approximate surface area is 122 Å². The smallest absolute Gasteiger partial charge is 0.233 e. The minimum atomic E-state index is -0.485. The largest absolute Gasteiger partial charge is 0.361 e. The summed E-state index contributed by atoms with van der Waals surface area (Å²) >= 11 is 0. The molecule has 2 aromatic rings. The normalized spacial score (nSPS) is 15.8. The lowest BCUT2D eigenvalue weighted by molar-refractivity contribution is -0.133. The van der Waals surface area contributed by atoms with E-state index < -0.39 is 5.41 Å². The molecular weight excluding hydrogens is 271 g/mol. The van der Waals surface area contributed by atoms with Crippen LogP contribution >= 0.6 is 0 Å². The van der Waals surface area contributed by atoms with Gasteiger partial charge in [-0.15, -0.1) is 0 Å². The molecule has 1 aliphatic rings. The van der Waals surface area contributed by atoms with Crippen molar-refractivity contribution in [1.29, 1.82) is 0 Å². The van der Waals surface area contributed by atoms with E-state index >= 15 is 0 Å². The molecule has 1 amide bonds. The zero-order valence-corrected chi connectivity index (χ0v) is 12.1. The highest BCUT2D eigenvalue weighted by Crippen LogP contribution is 2.49. The number of hydrogen-bond acceptors (Lipinski definition) is 3. The van der Waals surface area contributed by atoms with Crippen LogP contribution in [-0.4, -0.2) is 23.0 Å². The van der Waals surface area contributed by atoms with Gasteiger partial charge in [-0.1, -0.05) is 17.3 Å². The number of carbonyl (C=O) groups excluding carboxylic acids is 1. The number of hydrogen-bond donors (Lipinski definition) is 0. The Morgan fingerprint density at radius 2 is 2.05 bits per heavy atom. The maximum absolute atomic E-state index is 13.0. The molecule has 1 fully saturated rings. The molecule has 0 bridgehead atoms. The van der Waals surface area contributed by atoms with Crippen LogP contribution in [0, 0.1) is 12.7 Å². The third-order valence-corrected chi connectivity index (χ3v) is 3.98. The summed E-state index contributed by atoms with van der Waals surface area (Å²) in [4.78, 5) is 14.4. The van der Waals surface area contributed by atoms with Crippen molar-refractivity contribution in [3.05, 3.63) is 53.2 Å². The van der Waals surface area contributed by atoms with E-state index in [1.807, 2.05) is 13.0 Å². The molecule has 1 aromatic carbocycles. The van der Waals surface area contributed by atoms with Crippen LogP contribution in [0.15, 0.2) is 34.9 Å². The van der Waals surface area contributed by atoms with Crippen molar-refractivity contribution in [2.24, 2.45) is 0 Å². The second-order valence-corrected chi connectivity index (χ2v) is 5.68. The van der Waals surface area contributed by atoms with E-state index in [0.717, 1.165) is 29.9 Å². The van der Waals surface area contributed by atoms with Crippen LogP contribution in [0.25, 0.3) is 0 Å². The molecular formula is C16H17FN2O2. The number of nitrogens with zero attached hydrogens (tertiary/aromatic N) is 2. The average molecular weight is 288 g/mol. The lowest BCUT2D eigenvalue weighted by Crippen LogP contribution is -2.36. The van der Waals surface area contributed by atoms with Gasteiger partial charge in [0.1, 0.15) is 17.3 Å². The molecule has 0 aliphatic heterocycles. The van der Waals surface area contributed by atoms with Crippen molar-refractivity contribution < 1.29 is 13.7 Å². The number of carbonyl (C=O) groups is 1. The van der Waals surface area contributed by atoms with Crippen molar-refractivity contribution in [1.82, 2.24) is 10.1 Å². The summed E-state index contributed by atoms with van der Waals surface area (Å²) in [6.07, 6.45) is 1.61. The fourth-order valence-corrected chi connectivity index (χ4v) is 2.69. The summed E-state index contributed by atoms with van der Waals surface area (Å²) in [5.74, 6) is 0.494. The maximum Gasteiger partial charge on any atom is 0.233 e. The first kappa shape index (κ1) is 13.8. The topological polar surface area (TPSA) is 46.3 Å². The van der Waals surface area contributed by atoms with E-state index in [2.05, 4.69) is 5.16 Å². The molecule has 0 unspecified atom stereocenters. The molecule has 1 heterocycles. The summed E-state index contributed by atoms with van der Waals surface area (Å²) in [5.41, 5.74) is 1.14. The Bertz CT molecular complexity index is 659. The second-order valence-electron chi connectivity index (χ2n) is 5.68. The van der Waals surface area contributed by atoms with Crippen LogP contribution in [0.1, 0.15) is 29.9 Å². The van der Waals surface area contributed by atoms with Gasteiger partial charge >= 0.3 is 0 Å². The Balaban J connectivity index is 1.76. The molecule has 4 nitrogen and oxygen atoms in total. The van der Waals surface area contributed by atoms with E-state index in [4.69, 9.17) is 4.52 Å². The maximum atomic E-state index is 13.0. The van der Waals surface area contributed by atoms with Gasteiger partial charge < -0.3 is 9.42 Å². The molecule has 0 saturated heterocycles. The van der Waals surface area contributed by atoms with Gasteiger partial charge in [-0.05, 0) is 37.5 Å². The van der Waals surface area contributed by atoms with Crippen LogP contribution in [-0.2, 0) is 16.8 Å². The number of aryl methyl sites for hydroxylation is 1. The Kier molecular flexibility index (Phi) is 3.27. The fraction of sp³-hybridized carbons (Fsp3) is 0.375. The van der Waals surface area contributed by atoms with Gasteiger partial charge in [0.2, 0.25) is 5.91 Å². The molecule has 3 rings (SSSR count). The number of amides is 1. The third-order valence-electron chi connectivity index (χ3n) is 3.98. The van der Waals surface area contributed by atoms with Crippen LogP contribution in [0.2, 0.25) is 0 Å². The first-order chi connectivity index (χ1) is 10.0. The van der Waals surface area contributed by atoms with Gasteiger partial charge in [0.15, 0.2) is 0 Å². The quantitative estimate of drug-likeness (QED) is 0.869. The number of rotatable bonds is 4. The zero-order chi connectivity index (χ0) is 15.0. The van der Waals surface area contributed by atoms with E-state index in [1.165, 1.54) is 12.1 Å². The fourth-order valence-electron chi connectivity index (χ4n) is 2.69. The molecule has 0 radical (unpaired) electrons. The number of halogens is 1.